The normalized spacial score (nSPS) is 21.8. The lowest BCUT2D eigenvalue weighted by molar-refractivity contribution is 0.0253. The monoisotopic (exact) mass is 535 g/mol. The molecule has 6 rings (SSSR count). The average molecular weight is 536 g/mol. The third kappa shape index (κ3) is 4.59. The lowest BCUT2D eigenvalue weighted by Gasteiger charge is -2.39. The van der Waals surface area contributed by atoms with Crippen molar-refractivity contribution in [2.45, 2.75) is 65.0 Å². The van der Waals surface area contributed by atoms with Gasteiger partial charge in [-0.05, 0) is 58.4 Å². The third-order valence-corrected chi connectivity index (χ3v) is 7.65. The smallest absolute Gasteiger partial charge is 0.240 e. The molecule has 0 spiro atoms. The van der Waals surface area contributed by atoms with Crippen LogP contribution in [0.4, 0.5) is 4.39 Å². The van der Waals surface area contributed by atoms with E-state index < -0.39 is 0 Å². The number of fused-ring (bicyclic) bond motifs is 6. The number of aryl methyl sites for hydroxylation is 1. The van der Waals surface area contributed by atoms with E-state index in [-0.39, 0.29) is 30.7 Å². The molecule has 3 atom stereocenters. The number of hydrogen-bond acceptors (Lipinski definition) is 7. The van der Waals surface area contributed by atoms with E-state index >= 15 is 4.39 Å². The number of rotatable bonds is 4. The van der Waals surface area contributed by atoms with Crippen LogP contribution in [-0.4, -0.2) is 71.2 Å². The average Bonchev–Trinajstić information content (AvgIpc) is 3.55. The van der Waals surface area contributed by atoms with Crippen molar-refractivity contribution in [1.29, 1.82) is 0 Å². The SMILES string of the molecule is CC(C)Oc1nn(CCO)c2c1/C=C/c1n[nH]c3cc(F)c(cc13)-c1cnn(C)c1OC1CCCN(C2)C1C. The van der Waals surface area contributed by atoms with Crippen LogP contribution in [0.15, 0.2) is 18.3 Å². The number of ether oxygens (including phenoxy) is 2. The fraction of sp³-hybridized carbons (Fsp3) is 0.464. The maximum absolute atomic E-state index is 15.4. The van der Waals surface area contributed by atoms with E-state index in [4.69, 9.17) is 14.6 Å². The summed E-state index contributed by atoms with van der Waals surface area (Å²) in [6.45, 7) is 7.90. The Balaban J connectivity index is 1.57. The van der Waals surface area contributed by atoms with Gasteiger partial charge in [0.05, 0.1) is 53.5 Å². The number of aromatic amines is 1. The van der Waals surface area contributed by atoms with Gasteiger partial charge >= 0.3 is 0 Å². The highest BCUT2D eigenvalue weighted by molar-refractivity contribution is 5.93. The number of H-pyrrole nitrogens is 1. The van der Waals surface area contributed by atoms with Gasteiger partial charge in [0.1, 0.15) is 11.9 Å². The number of nitrogens with one attached hydrogen (secondary N) is 1. The summed E-state index contributed by atoms with van der Waals surface area (Å²) >= 11 is 0. The van der Waals surface area contributed by atoms with Gasteiger partial charge in [-0.15, -0.1) is 5.10 Å². The highest BCUT2D eigenvalue weighted by Gasteiger charge is 2.33. The van der Waals surface area contributed by atoms with Crippen LogP contribution in [0.2, 0.25) is 0 Å². The van der Waals surface area contributed by atoms with Crippen molar-refractivity contribution in [3.05, 3.63) is 41.1 Å². The molecule has 3 aromatic heterocycles. The lowest BCUT2D eigenvalue weighted by Crippen LogP contribution is -2.48. The summed E-state index contributed by atoms with van der Waals surface area (Å²) in [4.78, 5) is 2.37. The van der Waals surface area contributed by atoms with Gasteiger partial charge in [0.25, 0.3) is 0 Å². The first kappa shape index (κ1) is 25.6. The summed E-state index contributed by atoms with van der Waals surface area (Å²) in [5, 5.41) is 27.2. The minimum Gasteiger partial charge on any atom is -0.473 e. The molecule has 39 heavy (non-hydrogen) atoms. The summed E-state index contributed by atoms with van der Waals surface area (Å²) in [5.41, 5.74) is 4.08. The van der Waals surface area contributed by atoms with E-state index in [1.165, 1.54) is 6.07 Å². The minimum atomic E-state index is -0.373. The predicted octanol–water partition coefficient (Wildman–Crippen LogP) is 3.99. The Morgan fingerprint density at radius 2 is 2.10 bits per heavy atom. The molecule has 2 aliphatic heterocycles. The highest BCUT2D eigenvalue weighted by atomic mass is 19.1. The second-order valence-electron chi connectivity index (χ2n) is 10.6. The van der Waals surface area contributed by atoms with Crippen molar-refractivity contribution < 1.29 is 19.0 Å². The van der Waals surface area contributed by atoms with Gasteiger partial charge in [-0.25, -0.2) is 9.07 Å². The van der Waals surface area contributed by atoms with E-state index in [1.807, 2.05) is 37.7 Å². The molecule has 1 saturated heterocycles. The molecule has 5 heterocycles. The molecule has 0 amide bonds. The third-order valence-electron chi connectivity index (χ3n) is 7.65. The topological polar surface area (TPSA) is 106 Å². The zero-order chi connectivity index (χ0) is 27.3. The van der Waals surface area contributed by atoms with Crippen LogP contribution >= 0.6 is 0 Å². The van der Waals surface area contributed by atoms with Crippen molar-refractivity contribution in [3.63, 3.8) is 0 Å². The fourth-order valence-corrected chi connectivity index (χ4v) is 5.61. The van der Waals surface area contributed by atoms with E-state index in [9.17, 15) is 5.11 Å². The Labute approximate surface area is 226 Å². The number of piperidine rings is 1. The zero-order valence-electron chi connectivity index (χ0n) is 22.7. The molecule has 0 aliphatic carbocycles. The molecule has 0 radical (unpaired) electrons. The molecule has 1 fully saturated rings. The van der Waals surface area contributed by atoms with Crippen molar-refractivity contribution >= 4 is 23.1 Å². The van der Waals surface area contributed by atoms with Crippen LogP contribution in [0.25, 0.3) is 34.2 Å². The molecule has 0 saturated carbocycles. The largest absolute Gasteiger partial charge is 0.473 e. The molecule has 10 nitrogen and oxygen atoms in total. The van der Waals surface area contributed by atoms with E-state index in [0.29, 0.717) is 47.2 Å². The van der Waals surface area contributed by atoms with E-state index in [0.717, 1.165) is 36.0 Å². The standard InChI is InChI=1S/C28H34FN7O3/c1-16(2)38-27-18-7-8-23-20-12-19(22(29)13-24(20)32-31-23)21-14-30-34(4)28(21)39-26-6-5-9-35(17(26)3)15-25(18)36(33-27)10-11-37/h7-8,12-14,16-17,26,37H,5-6,9-11,15H2,1-4H3,(H,31,32)/b8-7+. The molecule has 206 valence electrons. The predicted molar refractivity (Wildman–Crippen MR) is 146 cm³/mol. The maximum atomic E-state index is 15.4. The number of nitrogens with zero attached hydrogens (tertiary/aromatic N) is 6. The second kappa shape index (κ2) is 10.1. The maximum Gasteiger partial charge on any atom is 0.240 e. The van der Waals surface area contributed by atoms with Gasteiger partial charge in [-0.1, -0.05) is 0 Å². The number of aromatic nitrogens is 6. The molecule has 4 aromatic rings. The molecular formula is C28H34FN7O3. The molecule has 11 heteroatoms. The minimum absolute atomic E-state index is 0.0398. The molecule has 2 aliphatic rings. The zero-order valence-corrected chi connectivity index (χ0v) is 22.7. The summed E-state index contributed by atoms with van der Waals surface area (Å²) in [5.74, 6) is 0.680. The Bertz CT molecular complexity index is 1540. The number of aliphatic hydroxyl groups is 1. The number of hydrogen-bond donors (Lipinski definition) is 2. The van der Waals surface area contributed by atoms with Crippen molar-refractivity contribution in [1.82, 2.24) is 34.7 Å². The van der Waals surface area contributed by atoms with Crippen LogP contribution in [0.3, 0.4) is 0 Å². The van der Waals surface area contributed by atoms with Gasteiger partial charge in [0, 0.05) is 36.7 Å². The summed E-state index contributed by atoms with van der Waals surface area (Å²) in [7, 11) is 1.82. The van der Waals surface area contributed by atoms with Crippen molar-refractivity contribution in [2.75, 3.05) is 13.2 Å². The van der Waals surface area contributed by atoms with Crippen LogP contribution in [-0.2, 0) is 20.1 Å². The van der Waals surface area contributed by atoms with Gasteiger partial charge < -0.3 is 14.6 Å². The molecule has 3 unspecified atom stereocenters. The lowest BCUT2D eigenvalue weighted by atomic mass is 9.99. The number of benzene rings is 1. The van der Waals surface area contributed by atoms with Gasteiger partial charge in [-0.3, -0.25) is 14.7 Å². The van der Waals surface area contributed by atoms with E-state index in [1.54, 1.807) is 16.9 Å². The Morgan fingerprint density at radius 3 is 2.90 bits per heavy atom. The Hall–Kier alpha value is -3.70. The number of halogens is 1. The van der Waals surface area contributed by atoms with Crippen LogP contribution < -0.4 is 9.47 Å². The van der Waals surface area contributed by atoms with Gasteiger partial charge in [0.15, 0.2) is 0 Å². The van der Waals surface area contributed by atoms with Crippen molar-refractivity contribution in [3.8, 4) is 22.9 Å². The van der Waals surface area contributed by atoms with Gasteiger partial charge in [-0.2, -0.15) is 10.2 Å². The van der Waals surface area contributed by atoms with Crippen molar-refractivity contribution in [2.24, 2.45) is 7.05 Å². The Kier molecular flexibility index (Phi) is 6.64. The molecule has 1 aromatic carbocycles. The summed E-state index contributed by atoms with van der Waals surface area (Å²) < 4.78 is 31.7. The second-order valence-corrected chi connectivity index (χ2v) is 10.6. The number of aliphatic hydroxyl groups excluding tert-OH is 1. The first-order chi connectivity index (χ1) is 18.8. The highest BCUT2D eigenvalue weighted by Crippen LogP contribution is 2.37. The first-order valence-electron chi connectivity index (χ1n) is 13.5. The van der Waals surface area contributed by atoms with E-state index in [2.05, 4.69) is 27.1 Å². The molecule has 2 N–H and O–H groups in total. The first-order valence-corrected chi connectivity index (χ1v) is 13.5. The van der Waals surface area contributed by atoms with Crippen LogP contribution in [0.1, 0.15) is 50.6 Å². The van der Waals surface area contributed by atoms with Crippen LogP contribution in [0.5, 0.6) is 11.8 Å². The van der Waals surface area contributed by atoms with Crippen LogP contribution in [0, 0.1) is 5.82 Å². The Morgan fingerprint density at radius 1 is 1.26 bits per heavy atom. The molecule has 4 bridgehead atoms. The van der Waals surface area contributed by atoms with Gasteiger partial charge in [0.2, 0.25) is 11.8 Å². The molecular weight excluding hydrogens is 501 g/mol. The quantitative estimate of drug-likeness (QED) is 0.407. The summed E-state index contributed by atoms with van der Waals surface area (Å²) in [6, 6.07) is 3.33. The fourth-order valence-electron chi connectivity index (χ4n) is 5.61. The summed E-state index contributed by atoms with van der Waals surface area (Å²) in [6.07, 6.45) is 7.16.